The van der Waals surface area contributed by atoms with Gasteiger partial charge in [0.05, 0.1) is 19.1 Å². The van der Waals surface area contributed by atoms with Gasteiger partial charge in [-0.25, -0.2) is 0 Å². The van der Waals surface area contributed by atoms with E-state index in [1.807, 2.05) is 37.3 Å². The summed E-state index contributed by atoms with van der Waals surface area (Å²) in [6.45, 7) is 3.23. The second-order valence-corrected chi connectivity index (χ2v) is 6.30. The van der Waals surface area contributed by atoms with Crippen molar-refractivity contribution in [1.82, 2.24) is 10.6 Å². The molecule has 0 aliphatic carbocycles. The van der Waals surface area contributed by atoms with Crippen LogP contribution in [-0.2, 0) is 25.6 Å². The van der Waals surface area contributed by atoms with Crippen LogP contribution in [-0.4, -0.2) is 42.5 Å². The normalized spacial score (nSPS) is 12.8. The predicted molar refractivity (Wildman–Crippen MR) is 98.2 cm³/mol. The molecule has 2 atom stereocenters. The lowest BCUT2D eigenvalue weighted by atomic mass is 10.0. The third-order valence-electron chi connectivity index (χ3n) is 4.01. The monoisotopic (exact) mass is 361 g/mol. The number of carbonyl (C=O) groups is 4. The van der Waals surface area contributed by atoms with Crippen LogP contribution in [0.3, 0.4) is 0 Å². The molecule has 0 heterocycles. The predicted octanol–water partition coefficient (Wildman–Crippen LogP) is 0.363. The first kappa shape index (κ1) is 21.5. The molecule has 0 fully saturated rings. The number of primary amides is 1. The van der Waals surface area contributed by atoms with Crippen molar-refractivity contribution in [3.05, 3.63) is 35.9 Å². The van der Waals surface area contributed by atoms with Gasteiger partial charge in [-0.15, -0.1) is 0 Å². The van der Waals surface area contributed by atoms with Crippen LogP contribution in [0.2, 0.25) is 0 Å². The van der Waals surface area contributed by atoms with E-state index in [1.165, 1.54) is 0 Å². The molecule has 1 aromatic rings. The molecule has 1 aromatic carbocycles. The molecule has 2 unspecified atom stereocenters. The number of nitrogens with one attached hydrogen (secondary N) is 2. The van der Waals surface area contributed by atoms with Gasteiger partial charge in [0.2, 0.25) is 11.7 Å². The lowest BCUT2D eigenvalue weighted by Crippen LogP contribution is -2.47. The first-order valence-corrected chi connectivity index (χ1v) is 8.75. The Kier molecular flexibility index (Phi) is 9.22. The average molecular weight is 361 g/mol. The van der Waals surface area contributed by atoms with Crippen LogP contribution in [0.1, 0.15) is 32.3 Å². The molecule has 1 rings (SSSR count). The van der Waals surface area contributed by atoms with E-state index in [9.17, 15) is 19.2 Å². The first-order valence-electron chi connectivity index (χ1n) is 8.75. The minimum atomic E-state index is -0.755. The van der Waals surface area contributed by atoms with E-state index in [1.54, 1.807) is 6.92 Å². The summed E-state index contributed by atoms with van der Waals surface area (Å²) in [5, 5.41) is 5.13. The molecular formula is C19H27N3O4. The third kappa shape index (κ3) is 7.57. The van der Waals surface area contributed by atoms with E-state index in [4.69, 9.17) is 5.73 Å². The molecule has 7 nitrogen and oxygen atoms in total. The number of nitrogens with two attached hydrogens (primary N) is 1. The molecule has 7 heteroatoms. The Labute approximate surface area is 153 Å². The Bertz CT molecular complexity index is 631. The van der Waals surface area contributed by atoms with Crippen molar-refractivity contribution in [1.29, 1.82) is 0 Å². The van der Waals surface area contributed by atoms with Gasteiger partial charge in [0, 0.05) is 5.92 Å². The Morgan fingerprint density at radius 3 is 2.31 bits per heavy atom. The van der Waals surface area contributed by atoms with Crippen molar-refractivity contribution in [2.45, 2.75) is 39.2 Å². The second kappa shape index (κ2) is 11.1. The lowest BCUT2D eigenvalue weighted by Gasteiger charge is -2.15. The van der Waals surface area contributed by atoms with Crippen molar-refractivity contribution < 1.29 is 19.2 Å². The number of amides is 2. The molecule has 0 aliphatic heterocycles. The summed E-state index contributed by atoms with van der Waals surface area (Å²) in [6, 6.07) is 8.61. The van der Waals surface area contributed by atoms with Crippen LogP contribution in [0.5, 0.6) is 0 Å². The Hall–Kier alpha value is -2.54. The van der Waals surface area contributed by atoms with Gasteiger partial charge in [0.25, 0.3) is 5.91 Å². The van der Waals surface area contributed by atoms with E-state index >= 15 is 0 Å². The maximum absolute atomic E-state index is 11.9. The highest BCUT2D eigenvalue weighted by Gasteiger charge is 2.21. The Morgan fingerprint density at radius 1 is 1.08 bits per heavy atom. The van der Waals surface area contributed by atoms with Crippen LogP contribution >= 0.6 is 0 Å². The van der Waals surface area contributed by atoms with Crippen LogP contribution in [0.15, 0.2) is 30.3 Å². The van der Waals surface area contributed by atoms with Crippen molar-refractivity contribution in [3.63, 3.8) is 0 Å². The molecule has 0 aromatic heterocycles. The van der Waals surface area contributed by atoms with E-state index in [2.05, 4.69) is 10.6 Å². The highest BCUT2D eigenvalue weighted by atomic mass is 16.2. The fourth-order valence-corrected chi connectivity index (χ4v) is 2.48. The first-order chi connectivity index (χ1) is 12.3. The Balaban J connectivity index is 2.42. The lowest BCUT2D eigenvalue weighted by molar-refractivity contribution is -0.140. The van der Waals surface area contributed by atoms with Crippen LogP contribution in [0.4, 0.5) is 0 Å². The van der Waals surface area contributed by atoms with Gasteiger partial charge in [0.15, 0.2) is 5.78 Å². The van der Waals surface area contributed by atoms with Gasteiger partial charge >= 0.3 is 0 Å². The standard InChI is InChI=1S/C19H27N3O4/c1-3-7-13(2)17(24)19(26)22-12-15(23)11-21-16(18(20)25)10-14-8-5-4-6-9-14/h4-6,8-9,13,16,21H,3,7,10-12H2,1-2H3,(H2,20,25)(H,22,26). The maximum Gasteiger partial charge on any atom is 0.288 e. The van der Waals surface area contributed by atoms with Crippen LogP contribution < -0.4 is 16.4 Å². The number of Topliss-reactive ketones (excluding diaryl/α,β-unsaturated/α-hetero) is 2. The topological polar surface area (TPSA) is 118 Å². The smallest absolute Gasteiger partial charge is 0.288 e. The fraction of sp³-hybridized carbons (Fsp3) is 0.474. The molecule has 0 radical (unpaired) electrons. The van der Waals surface area contributed by atoms with Gasteiger partial charge in [-0.3, -0.25) is 24.5 Å². The summed E-state index contributed by atoms with van der Waals surface area (Å²) >= 11 is 0. The maximum atomic E-state index is 11.9. The van der Waals surface area contributed by atoms with Crippen LogP contribution in [0, 0.1) is 5.92 Å². The largest absolute Gasteiger partial charge is 0.368 e. The average Bonchev–Trinajstić information content (AvgIpc) is 2.63. The minimum absolute atomic E-state index is 0.126. The van der Waals surface area contributed by atoms with E-state index in [0.717, 1.165) is 12.0 Å². The number of hydrogen-bond donors (Lipinski definition) is 3. The molecule has 0 aliphatic rings. The number of benzene rings is 1. The number of ketones is 2. The minimum Gasteiger partial charge on any atom is -0.368 e. The van der Waals surface area contributed by atoms with Gasteiger partial charge < -0.3 is 11.1 Å². The number of rotatable bonds is 12. The summed E-state index contributed by atoms with van der Waals surface area (Å²) in [7, 11) is 0. The summed E-state index contributed by atoms with van der Waals surface area (Å²) in [5.74, 6) is -2.54. The number of hydrogen-bond acceptors (Lipinski definition) is 5. The Morgan fingerprint density at radius 2 is 1.73 bits per heavy atom. The summed E-state index contributed by atoms with van der Waals surface area (Å²) in [6.07, 6.45) is 1.79. The summed E-state index contributed by atoms with van der Waals surface area (Å²) in [4.78, 5) is 47.0. The molecule has 0 saturated carbocycles. The molecule has 0 bridgehead atoms. The molecule has 0 saturated heterocycles. The van der Waals surface area contributed by atoms with E-state index < -0.39 is 23.6 Å². The zero-order valence-corrected chi connectivity index (χ0v) is 15.3. The molecule has 2 amide bonds. The molecule has 26 heavy (non-hydrogen) atoms. The van der Waals surface area contributed by atoms with Crippen molar-refractivity contribution in [3.8, 4) is 0 Å². The zero-order chi connectivity index (χ0) is 19.5. The highest BCUT2D eigenvalue weighted by molar-refractivity contribution is 6.37. The van der Waals surface area contributed by atoms with Crippen molar-refractivity contribution >= 4 is 23.4 Å². The van der Waals surface area contributed by atoms with Gasteiger partial charge in [0.1, 0.15) is 0 Å². The zero-order valence-electron chi connectivity index (χ0n) is 15.3. The van der Waals surface area contributed by atoms with Crippen molar-refractivity contribution in [2.24, 2.45) is 11.7 Å². The highest BCUT2D eigenvalue weighted by Crippen LogP contribution is 2.06. The van der Waals surface area contributed by atoms with Gasteiger partial charge in [-0.05, 0) is 18.4 Å². The molecule has 0 spiro atoms. The van der Waals surface area contributed by atoms with E-state index in [-0.39, 0.29) is 24.8 Å². The fourth-order valence-electron chi connectivity index (χ4n) is 2.48. The molecular weight excluding hydrogens is 334 g/mol. The second-order valence-electron chi connectivity index (χ2n) is 6.30. The molecule has 142 valence electrons. The SMILES string of the molecule is CCCC(C)C(=O)C(=O)NCC(=O)CNC(Cc1ccccc1)C(N)=O. The summed E-state index contributed by atoms with van der Waals surface area (Å²) < 4.78 is 0. The van der Waals surface area contributed by atoms with E-state index in [0.29, 0.717) is 12.8 Å². The third-order valence-corrected chi connectivity index (χ3v) is 4.01. The van der Waals surface area contributed by atoms with Gasteiger partial charge in [-0.1, -0.05) is 50.6 Å². The van der Waals surface area contributed by atoms with Gasteiger partial charge in [-0.2, -0.15) is 0 Å². The molecule has 4 N–H and O–H groups in total. The van der Waals surface area contributed by atoms with Crippen LogP contribution in [0.25, 0.3) is 0 Å². The number of carbonyl (C=O) groups excluding carboxylic acids is 4. The quantitative estimate of drug-likeness (QED) is 0.465. The van der Waals surface area contributed by atoms with Crippen molar-refractivity contribution in [2.75, 3.05) is 13.1 Å². The summed E-state index contributed by atoms with van der Waals surface area (Å²) in [5.41, 5.74) is 6.28.